The molecule has 1 heterocycles. The number of epoxide rings is 1. The standard InChI is InChI=1S/C21H31FO3/c1-12(23)24-17-5-4-15-14-10-18-21(25-18)11-13(22)6-9-20(21,3)16(14)7-8-19(15,17)2/h13-18H,4-11H2,1-3H3/t13-,14-,15-,16-,17-,18+,19-,20+,21+/m0/s1. The largest absolute Gasteiger partial charge is 0.462 e. The Kier molecular flexibility index (Phi) is 3.30. The third-order valence-corrected chi connectivity index (χ3v) is 9.25. The van der Waals surface area contributed by atoms with Crippen LogP contribution >= 0.6 is 0 Å². The summed E-state index contributed by atoms with van der Waals surface area (Å²) in [5.74, 6) is 1.78. The lowest BCUT2D eigenvalue weighted by molar-refractivity contribution is -0.159. The SMILES string of the molecule is CC(=O)O[C@H]1CC[C@H]2[C@@H]3C[C@H]4O[C@]45C[C@@H](F)CC[C@]5(C)[C@H]3CC[C@]12C. The van der Waals surface area contributed by atoms with Gasteiger partial charge in [-0.05, 0) is 62.7 Å². The van der Waals surface area contributed by atoms with Crippen LogP contribution in [0.5, 0.6) is 0 Å². The predicted molar refractivity (Wildman–Crippen MR) is 91.7 cm³/mol. The molecule has 0 N–H and O–H groups in total. The summed E-state index contributed by atoms with van der Waals surface area (Å²) in [4.78, 5) is 11.5. The van der Waals surface area contributed by atoms with E-state index in [2.05, 4.69) is 13.8 Å². The van der Waals surface area contributed by atoms with E-state index in [1.165, 1.54) is 13.3 Å². The monoisotopic (exact) mass is 350 g/mol. The Balaban J connectivity index is 1.45. The number of alkyl halides is 1. The molecule has 0 aromatic rings. The van der Waals surface area contributed by atoms with Gasteiger partial charge >= 0.3 is 5.97 Å². The average molecular weight is 350 g/mol. The van der Waals surface area contributed by atoms with Gasteiger partial charge in [-0.3, -0.25) is 4.79 Å². The maximum atomic E-state index is 14.1. The predicted octanol–water partition coefficient (Wildman–Crippen LogP) is 4.43. The number of fused-ring (bicyclic) bond motifs is 4. The van der Waals surface area contributed by atoms with Crippen LogP contribution in [0.15, 0.2) is 0 Å². The van der Waals surface area contributed by atoms with E-state index in [9.17, 15) is 9.18 Å². The Labute approximate surface area is 150 Å². The van der Waals surface area contributed by atoms with E-state index in [0.29, 0.717) is 30.6 Å². The Hall–Kier alpha value is -0.640. The van der Waals surface area contributed by atoms with Crippen molar-refractivity contribution >= 4 is 5.97 Å². The summed E-state index contributed by atoms with van der Waals surface area (Å²) in [6.45, 7) is 6.29. The Bertz CT molecular complexity index is 608. The van der Waals surface area contributed by atoms with Gasteiger partial charge in [0.25, 0.3) is 0 Å². The molecule has 0 unspecified atom stereocenters. The second-order valence-corrected chi connectivity index (χ2v) is 10.1. The van der Waals surface area contributed by atoms with E-state index in [1.807, 2.05) is 0 Å². The molecule has 0 aromatic heterocycles. The van der Waals surface area contributed by atoms with Crippen molar-refractivity contribution < 1.29 is 18.7 Å². The molecule has 25 heavy (non-hydrogen) atoms. The molecule has 3 nitrogen and oxygen atoms in total. The topological polar surface area (TPSA) is 38.8 Å². The molecule has 5 aliphatic rings. The van der Waals surface area contributed by atoms with Crippen LogP contribution in [0.4, 0.5) is 4.39 Å². The minimum Gasteiger partial charge on any atom is -0.462 e. The molecule has 0 aromatic carbocycles. The van der Waals surface area contributed by atoms with Gasteiger partial charge in [0.15, 0.2) is 0 Å². The van der Waals surface area contributed by atoms with E-state index >= 15 is 0 Å². The van der Waals surface area contributed by atoms with Crippen LogP contribution in [0, 0.1) is 28.6 Å². The molecule has 9 atom stereocenters. The average Bonchev–Trinajstić information content (AvgIpc) is 3.14. The summed E-state index contributed by atoms with van der Waals surface area (Å²) >= 11 is 0. The quantitative estimate of drug-likeness (QED) is 0.519. The van der Waals surface area contributed by atoms with E-state index < -0.39 is 6.17 Å². The zero-order chi connectivity index (χ0) is 17.6. The summed E-state index contributed by atoms with van der Waals surface area (Å²) in [5.41, 5.74) is 0.104. The van der Waals surface area contributed by atoms with Gasteiger partial charge in [0.2, 0.25) is 0 Å². The molecule has 4 aliphatic carbocycles. The van der Waals surface area contributed by atoms with Crippen LogP contribution in [0.3, 0.4) is 0 Å². The maximum Gasteiger partial charge on any atom is 0.302 e. The highest BCUT2D eigenvalue weighted by Crippen LogP contribution is 2.73. The molecule has 4 heteroatoms. The van der Waals surface area contributed by atoms with Crippen molar-refractivity contribution in [2.45, 2.75) is 96.1 Å². The van der Waals surface area contributed by atoms with Crippen LogP contribution in [-0.2, 0) is 14.3 Å². The van der Waals surface area contributed by atoms with Crippen molar-refractivity contribution in [3.05, 3.63) is 0 Å². The summed E-state index contributed by atoms with van der Waals surface area (Å²) < 4.78 is 26.1. The number of carbonyl (C=O) groups excluding carboxylic acids is 1. The molecule has 1 aliphatic heterocycles. The Morgan fingerprint density at radius 3 is 2.68 bits per heavy atom. The summed E-state index contributed by atoms with van der Waals surface area (Å²) in [6, 6.07) is 0. The normalized spacial score (nSPS) is 59.2. The van der Waals surface area contributed by atoms with E-state index in [0.717, 1.165) is 32.1 Å². The molecule has 1 saturated heterocycles. The fraction of sp³-hybridized carbons (Fsp3) is 0.952. The number of hydrogen-bond acceptors (Lipinski definition) is 3. The molecular weight excluding hydrogens is 319 g/mol. The van der Waals surface area contributed by atoms with Gasteiger partial charge in [-0.2, -0.15) is 0 Å². The molecule has 1 spiro atoms. The van der Waals surface area contributed by atoms with Crippen LogP contribution < -0.4 is 0 Å². The second kappa shape index (κ2) is 4.99. The number of ether oxygens (including phenoxy) is 2. The van der Waals surface area contributed by atoms with E-state index in [1.54, 1.807) is 0 Å². The molecule has 5 rings (SSSR count). The molecule has 0 bridgehead atoms. The van der Waals surface area contributed by atoms with Gasteiger partial charge in [0.1, 0.15) is 17.9 Å². The minimum absolute atomic E-state index is 0.0807. The first-order valence-electron chi connectivity index (χ1n) is 10.3. The van der Waals surface area contributed by atoms with Crippen molar-refractivity contribution in [3.63, 3.8) is 0 Å². The van der Waals surface area contributed by atoms with Crippen molar-refractivity contribution in [1.82, 2.24) is 0 Å². The van der Waals surface area contributed by atoms with Gasteiger partial charge in [0.05, 0.1) is 6.10 Å². The first kappa shape index (κ1) is 16.5. The molecular formula is C21H31FO3. The van der Waals surface area contributed by atoms with Gasteiger partial charge in [-0.1, -0.05) is 13.8 Å². The third-order valence-electron chi connectivity index (χ3n) is 9.25. The highest BCUT2D eigenvalue weighted by molar-refractivity contribution is 5.66. The highest BCUT2D eigenvalue weighted by atomic mass is 19.1. The zero-order valence-corrected chi connectivity index (χ0v) is 15.7. The van der Waals surface area contributed by atoms with Gasteiger partial charge < -0.3 is 9.47 Å². The summed E-state index contributed by atoms with van der Waals surface area (Å²) in [7, 11) is 0. The van der Waals surface area contributed by atoms with Gasteiger partial charge in [0, 0.05) is 24.2 Å². The molecule has 5 fully saturated rings. The highest BCUT2D eigenvalue weighted by Gasteiger charge is 2.76. The van der Waals surface area contributed by atoms with Crippen LogP contribution in [0.25, 0.3) is 0 Å². The van der Waals surface area contributed by atoms with Crippen molar-refractivity contribution in [3.8, 4) is 0 Å². The van der Waals surface area contributed by atoms with Gasteiger partial charge in [-0.25, -0.2) is 4.39 Å². The maximum absolute atomic E-state index is 14.1. The number of carbonyl (C=O) groups is 1. The Morgan fingerprint density at radius 1 is 1.12 bits per heavy atom. The smallest absolute Gasteiger partial charge is 0.302 e. The van der Waals surface area contributed by atoms with Crippen molar-refractivity contribution in [2.24, 2.45) is 28.6 Å². The molecule has 0 radical (unpaired) electrons. The lowest BCUT2D eigenvalue weighted by Gasteiger charge is -2.58. The van der Waals surface area contributed by atoms with Crippen LogP contribution in [-0.4, -0.2) is 29.9 Å². The fourth-order valence-corrected chi connectivity index (χ4v) is 7.97. The lowest BCUT2D eigenvalue weighted by atomic mass is 9.45. The van der Waals surface area contributed by atoms with Crippen molar-refractivity contribution in [2.75, 3.05) is 0 Å². The minimum atomic E-state index is -0.677. The first-order chi connectivity index (χ1) is 11.8. The van der Waals surface area contributed by atoms with Crippen LogP contribution in [0.2, 0.25) is 0 Å². The first-order valence-corrected chi connectivity index (χ1v) is 10.3. The van der Waals surface area contributed by atoms with E-state index in [4.69, 9.17) is 9.47 Å². The number of hydrogen-bond donors (Lipinski definition) is 0. The van der Waals surface area contributed by atoms with E-state index in [-0.39, 0.29) is 34.6 Å². The number of rotatable bonds is 1. The zero-order valence-electron chi connectivity index (χ0n) is 15.7. The van der Waals surface area contributed by atoms with Crippen LogP contribution in [0.1, 0.15) is 72.1 Å². The summed E-state index contributed by atoms with van der Waals surface area (Å²) in [6.07, 6.45) is 7.55. The molecule has 0 amide bonds. The number of esters is 1. The lowest BCUT2D eigenvalue weighted by Crippen LogP contribution is -2.58. The molecule has 4 saturated carbocycles. The number of halogens is 1. The molecule has 140 valence electrons. The fourth-order valence-electron chi connectivity index (χ4n) is 7.97. The Morgan fingerprint density at radius 2 is 1.92 bits per heavy atom. The summed E-state index contributed by atoms with van der Waals surface area (Å²) in [5, 5.41) is 0. The third kappa shape index (κ3) is 1.98. The van der Waals surface area contributed by atoms with Gasteiger partial charge in [-0.15, -0.1) is 0 Å². The second-order valence-electron chi connectivity index (χ2n) is 10.1. The van der Waals surface area contributed by atoms with Crippen molar-refractivity contribution in [1.29, 1.82) is 0 Å².